The molecular formula is C30H33Cl2N7O2. The average Bonchev–Trinajstić information content (AvgIpc) is 3.55. The average molecular weight is 595 g/mol. The number of carbonyl (C=O) groups excluding carboxylic acids is 1. The van der Waals surface area contributed by atoms with Gasteiger partial charge >= 0.3 is 6.01 Å². The number of imidazole rings is 1. The van der Waals surface area contributed by atoms with Crippen molar-refractivity contribution in [3.05, 3.63) is 58.6 Å². The first-order valence-electron chi connectivity index (χ1n) is 13.9. The standard InChI is InChI=1S/C30H33Cl2N7O2/c1-30(28(33)40)13-16-38(17-14-30)26-24-27(36-29(35-26)41-18-21-6-5-15-37(21)2)39(20-11-9-19(31)10-12-20)25(34-24)22-7-3-4-8-23(22)32/h3-4,7-12,21H,5-6,13-18H2,1-2H3,(H2,33,40)/t21-/m0/s1. The summed E-state index contributed by atoms with van der Waals surface area (Å²) in [4.78, 5) is 31.5. The third-order valence-electron chi connectivity index (χ3n) is 8.51. The van der Waals surface area contributed by atoms with Crippen LogP contribution >= 0.6 is 23.2 Å². The Kier molecular flexibility index (Phi) is 7.52. The van der Waals surface area contributed by atoms with Crippen molar-refractivity contribution in [3.63, 3.8) is 0 Å². The van der Waals surface area contributed by atoms with Crippen molar-refractivity contribution in [2.24, 2.45) is 11.1 Å². The highest BCUT2D eigenvalue weighted by molar-refractivity contribution is 6.33. The molecule has 2 aromatic heterocycles. The number of amides is 1. The number of ether oxygens (including phenoxy) is 1. The Bertz CT molecular complexity index is 1580. The lowest BCUT2D eigenvalue weighted by Crippen LogP contribution is -2.45. The van der Waals surface area contributed by atoms with Gasteiger partial charge in [0.15, 0.2) is 17.0 Å². The monoisotopic (exact) mass is 593 g/mol. The van der Waals surface area contributed by atoms with Gasteiger partial charge in [0, 0.05) is 40.8 Å². The molecule has 4 heterocycles. The third kappa shape index (κ3) is 5.34. The fourth-order valence-corrected chi connectivity index (χ4v) is 6.03. The van der Waals surface area contributed by atoms with E-state index in [4.69, 9.17) is 48.6 Å². The molecule has 2 fully saturated rings. The molecule has 41 heavy (non-hydrogen) atoms. The fraction of sp³-hybridized carbons (Fsp3) is 0.400. The van der Waals surface area contributed by atoms with Crippen LogP contribution in [-0.2, 0) is 4.79 Å². The predicted molar refractivity (Wildman–Crippen MR) is 162 cm³/mol. The second-order valence-electron chi connectivity index (χ2n) is 11.2. The quantitative estimate of drug-likeness (QED) is 0.308. The van der Waals surface area contributed by atoms with E-state index in [0.717, 1.165) is 30.6 Å². The van der Waals surface area contributed by atoms with Gasteiger partial charge in [-0.1, -0.05) is 42.3 Å². The second-order valence-corrected chi connectivity index (χ2v) is 12.1. The summed E-state index contributed by atoms with van der Waals surface area (Å²) < 4.78 is 8.25. The second kappa shape index (κ2) is 11.1. The number of rotatable bonds is 7. The molecule has 0 spiro atoms. The molecule has 0 saturated carbocycles. The van der Waals surface area contributed by atoms with Crippen LogP contribution in [0.5, 0.6) is 6.01 Å². The molecule has 0 unspecified atom stereocenters. The summed E-state index contributed by atoms with van der Waals surface area (Å²) in [5, 5.41) is 1.20. The minimum Gasteiger partial charge on any atom is -0.462 e. The molecule has 9 nitrogen and oxygen atoms in total. The molecule has 2 N–H and O–H groups in total. The maximum absolute atomic E-state index is 12.2. The van der Waals surface area contributed by atoms with E-state index in [1.54, 1.807) is 0 Å². The summed E-state index contributed by atoms with van der Waals surface area (Å²) in [6.45, 7) is 4.68. The van der Waals surface area contributed by atoms with Gasteiger partial charge < -0.3 is 20.3 Å². The number of benzene rings is 2. The zero-order valence-corrected chi connectivity index (χ0v) is 24.7. The maximum atomic E-state index is 12.2. The van der Waals surface area contributed by atoms with Crippen LogP contribution in [-0.4, -0.2) is 69.7 Å². The van der Waals surface area contributed by atoms with E-state index >= 15 is 0 Å². The van der Waals surface area contributed by atoms with Gasteiger partial charge in [-0.05, 0) is 75.7 Å². The van der Waals surface area contributed by atoms with Gasteiger partial charge in [-0.15, -0.1) is 0 Å². The normalized spacial score (nSPS) is 19.1. The number of carbonyl (C=O) groups is 1. The third-order valence-corrected chi connectivity index (χ3v) is 9.09. The minimum atomic E-state index is -0.555. The van der Waals surface area contributed by atoms with E-state index in [0.29, 0.717) is 71.4 Å². The molecule has 2 saturated heterocycles. The highest BCUT2D eigenvalue weighted by Gasteiger charge is 2.37. The minimum absolute atomic E-state index is 0.275. The molecule has 4 aromatic rings. The summed E-state index contributed by atoms with van der Waals surface area (Å²) in [6.07, 6.45) is 3.45. The Hall–Kier alpha value is -3.40. The van der Waals surface area contributed by atoms with E-state index in [9.17, 15) is 4.79 Å². The Morgan fingerprint density at radius 2 is 1.78 bits per heavy atom. The number of aromatic nitrogens is 4. The van der Waals surface area contributed by atoms with E-state index in [2.05, 4.69) is 16.8 Å². The fourth-order valence-electron chi connectivity index (χ4n) is 5.69. The number of likely N-dealkylation sites (tertiary alicyclic amines) is 1. The lowest BCUT2D eigenvalue weighted by molar-refractivity contribution is -0.127. The van der Waals surface area contributed by atoms with E-state index in [-0.39, 0.29) is 11.9 Å². The number of anilines is 1. The van der Waals surface area contributed by atoms with E-state index in [1.165, 1.54) is 0 Å². The van der Waals surface area contributed by atoms with Crippen molar-refractivity contribution in [1.29, 1.82) is 0 Å². The van der Waals surface area contributed by atoms with Crippen LogP contribution in [0.15, 0.2) is 48.5 Å². The highest BCUT2D eigenvalue weighted by atomic mass is 35.5. The van der Waals surface area contributed by atoms with Crippen molar-refractivity contribution < 1.29 is 9.53 Å². The van der Waals surface area contributed by atoms with Crippen molar-refractivity contribution in [1.82, 2.24) is 24.4 Å². The molecule has 0 aliphatic carbocycles. The first-order chi connectivity index (χ1) is 19.7. The number of halogens is 2. The number of hydrogen-bond donors (Lipinski definition) is 1. The molecular weight excluding hydrogens is 561 g/mol. The molecule has 0 radical (unpaired) electrons. The van der Waals surface area contributed by atoms with Crippen molar-refractivity contribution in [2.45, 2.75) is 38.6 Å². The van der Waals surface area contributed by atoms with Gasteiger partial charge in [-0.3, -0.25) is 9.36 Å². The van der Waals surface area contributed by atoms with Crippen molar-refractivity contribution in [2.75, 3.05) is 38.2 Å². The Morgan fingerprint density at radius 1 is 1.05 bits per heavy atom. The molecule has 2 aromatic carbocycles. The van der Waals surface area contributed by atoms with Crippen LogP contribution in [0.4, 0.5) is 5.82 Å². The molecule has 0 bridgehead atoms. The number of nitrogens with zero attached hydrogens (tertiary/aromatic N) is 6. The van der Waals surface area contributed by atoms with Gasteiger partial charge in [-0.25, -0.2) is 4.98 Å². The Balaban J connectivity index is 1.52. The number of likely N-dealkylation sites (N-methyl/N-ethyl adjacent to an activating group) is 1. The van der Waals surface area contributed by atoms with Crippen LogP contribution in [0.25, 0.3) is 28.2 Å². The van der Waals surface area contributed by atoms with E-state index < -0.39 is 5.41 Å². The zero-order valence-electron chi connectivity index (χ0n) is 23.2. The van der Waals surface area contributed by atoms with Gasteiger partial charge in [0.2, 0.25) is 5.91 Å². The molecule has 11 heteroatoms. The van der Waals surface area contributed by atoms with Gasteiger partial charge in [0.05, 0.1) is 5.02 Å². The van der Waals surface area contributed by atoms with Gasteiger partial charge in [0.25, 0.3) is 0 Å². The van der Waals surface area contributed by atoms with Crippen LogP contribution in [0.3, 0.4) is 0 Å². The van der Waals surface area contributed by atoms with Crippen LogP contribution in [0, 0.1) is 5.41 Å². The number of hydrogen-bond acceptors (Lipinski definition) is 7. The topological polar surface area (TPSA) is 102 Å². The number of primary amides is 1. The summed E-state index contributed by atoms with van der Waals surface area (Å²) >= 11 is 12.9. The van der Waals surface area contributed by atoms with Crippen LogP contribution in [0.2, 0.25) is 10.0 Å². The molecule has 2 aliphatic rings. The van der Waals surface area contributed by atoms with Crippen LogP contribution < -0.4 is 15.4 Å². The Morgan fingerprint density at radius 3 is 2.44 bits per heavy atom. The lowest BCUT2D eigenvalue weighted by Gasteiger charge is -2.37. The zero-order chi connectivity index (χ0) is 28.7. The highest BCUT2D eigenvalue weighted by Crippen LogP contribution is 2.38. The molecule has 6 rings (SSSR count). The number of piperidine rings is 1. The number of nitrogens with two attached hydrogens (primary N) is 1. The van der Waals surface area contributed by atoms with Gasteiger partial charge in [0.1, 0.15) is 12.4 Å². The van der Waals surface area contributed by atoms with Crippen molar-refractivity contribution >= 4 is 46.1 Å². The molecule has 214 valence electrons. The van der Waals surface area contributed by atoms with Gasteiger partial charge in [-0.2, -0.15) is 9.97 Å². The molecule has 2 aliphatic heterocycles. The SMILES string of the molecule is CN1CCC[C@H]1COc1nc(N2CCC(C)(C(N)=O)CC2)c2nc(-c3ccccc3Cl)n(-c3ccc(Cl)cc3)c2n1. The summed E-state index contributed by atoms with van der Waals surface area (Å²) in [5.74, 6) is 1.02. The molecule has 1 atom stereocenters. The first-order valence-corrected chi connectivity index (χ1v) is 14.7. The number of fused-ring (bicyclic) bond motifs is 1. The lowest BCUT2D eigenvalue weighted by atomic mass is 9.80. The first kappa shape index (κ1) is 27.8. The Labute approximate surface area is 249 Å². The maximum Gasteiger partial charge on any atom is 0.320 e. The smallest absolute Gasteiger partial charge is 0.320 e. The van der Waals surface area contributed by atoms with E-state index in [1.807, 2.05) is 60.0 Å². The predicted octanol–water partition coefficient (Wildman–Crippen LogP) is 5.35. The summed E-state index contributed by atoms with van der Waals surface area (Å²) in [5.41, 5.74) is 8.02. The molecule has 1 amide bonds. The van der Waals surface area contributed by atoms with Crippen molar-refractivity contribution in [3.8, 4) is 23.1 Å². The largest absolute Gasteiger partial charge is 0.462 e. The van der Waals surface area contributed by atoms with Crippen LogP contribution in [0.1, 0.15) is 32.6 Å². The summed E-state index contributed by atoms with van der Waals surface area (Å²) in [6, 6.07) is 15.7. The summed E-state index contributed by atoms with van der Waals surface area (Å²) in [7, 11) is 2.12.